The largest absolute Gasteiger partial charge is 0.369 e. The van der Waals surface area contributed by atoms with Gasteiger partial charge in [-0.2, -0.15) is 0 Å². The highest BCUT2D eigenvalue weighted by Gasteiger charge is 2.22. The second-order valence-electron chi connectivity index (χ2n) is 4.19. The van der Waals surface area contributed by atoms with Gasteiger partial charge in [0.15, 0.2) is 0 Å². The van der Waals surface area contributed by atoms with E-state index in [4.69, 9.17) is 5.73 Å². The molecule has 0 spiro atoms. The van der Waals surface area contributed by atoms with Crippen LogP contribution in [0.2, 0.25) is 0 Å². The summed E-state index contributed by atoms with van der Waals surface area (Å²) in [5.74, 6) is -0.677. The summed E-state index contributed by atoms with van der Waals surface area (Å²) in [6.07, 6.45) is 0. The number of hydrogen-bond acceptors (Lipinski definition) is 2. The van der Waals surface area contributed by atoms with Crippen LogP contribution in [0.1, 0.15) is 16.4 Å². The maximum absolute atomic E-state index is 12.4. The predicted molar refractivity (Wildman–Crippen MR) is 84.2 cm³/mol. The summed E-state index contributed by atoms with van der Waals surface area (Å²) in [7, 11) is -1.36. The molecule has 20 heavy (non-hydrogen) atoms. The lowest BCUT2D eigenvalue weighted by Gasteiger charge is -2.16. The van der Waals surface area contributed by atoms with Gasteiger partial charge in [0.25, 0.3) is 0 Å². The Morgan fingerprint density at radius 2 is 1.35 bits per heavy atom. The van der Waals surface area contributed by atoms with E-state index in [-0.39, 0.29) is 23.4 Å². The second-order valence-corrected chi connectivity index (χ2v) is 5.71. The van der Waals surface area contributed by atoms with E-state index < -0.39 is 16.7 Å². The molecule has 0 saturated carbocycles. The summed E-state index contributed by atoms with van der Waals surface area (Å²) in [4.78, 5) is 11.0. The number of nitrogens with two attached hydrogens (primary N) is 1. The number of halogens is 1. The third kappa shape index (κ3) is 4.18. The molecule has 1 atom stereocenters. The van der Waals surface area contributed by atoms with Crippen LogP contribution < -0.4 is 5.73 Å². The van der Waals surface area contributed by atoms with Crippen molar-refractivity contribution in [3.63, 3.8) is 0 Å². The van der Waals surface area contributed by atoms with Crippen molar-refractivity contribution in [3.8, 4) is 0 Å². The molecule has 5 heteroatoms. The summed E-state index contributed by atoms with van der Waals surface area (Å²) in [5, 5.41) is -0.324. The van der Waals surface area contributed by atoms with Crippen LogP contribution in [0.5, 0.6) is 0 Å². The van der Waals surface area contributed by atoms with E-state index in [1.54, 1.807) is 0 Å². The zero-order valence-electron chi connectivity index (χ0n) is 10.8. The Labute approximate surface area is 127 Å². The molecule has 2 N–H and O–H groups in total. The molecule has 106 valence electrons. The van der Waals surface area contributed by atoms with Crippen molar-refractivity contribution in [2.45, 2.75) is 5.25 Å². The van der Waals surface area contributed by atoms with Gasteiger partial charge in [-0.05, 0) is 11.1 Å². The summed E-state index contributed by atoms with van der Waals surface area (Å²) in [6.45, 7) is 0. The molecule has 0 aromatic heterocycles. The zero-order chi connectivity index (χ0) is 13.7. The molecule has 0 radical (unpaired) electrons. The van der Waals surface area contributed by atoms with Crippen LogP contribution in [0.25, 0.3) is 0 Å². The van der Waals surface area contributed by atoms with Gasteiger partial charge in [0, 0.05) is 10.8 Å². The topological polar surface area (TPSA) is 60.2 Å². The van der Waals surface area contributed by atoms with E-state index >= 15 is 0 Å². The summed E-state index contributed by atoms with van der Waals surface area (Å²) >= 11 is 0. The normalized spacial score (nSPS) is 11.7. The molecule has 0 fully saturated rings. The van der Waals surface area contributed by atoms with Crippen LogP contribution in [0, 0.1) is 0 Å². The van der Waals surface area contributed by atoms with Crippen LogP contribution in [0.15, 0.2) is 60.7 Å². The van der Waals surface area contributed by atoms with Crippen LogP contribution >= 0.6 is 12.4 Å². The lowest BCUT2D eigenvalue weighted by atomic mass is 10.0. The first kappa shape index (κ1) is 16.4. The molecule has 0 aliphatic heterocycles. The first-order valence-corrected chi connectivity index (χ1v) is 7.32. The number of benzene rings is 2. The molecule has 2 rings (SSSR count). The van der Waals surface area contributed by atoms with E-state index in [1.165, 1.54) is 0 Å². The highest BCUT2D eigenvalue weighted by Crippen LogP contribution is 2.27. The van der Waals surface area contributed by atoms with Gasteiger partial charge in [0.05, 0.1) is 5.25 Å². The first-order valence-electron chi connectivity index (χ1n) is 5.94. The minimum atomic E-state index is -1.36. The SMILES string of the molecule is Cl.NC(=O)CS(=O)C(c1ccccc1)c1ccccc1. The van der Waals surface area contributed by atoms with E-state index in [2.05, 4.69) is 0 Å². The van der Waals surface area contributed by atoms with Gasteiger partial charge in [-0.25, -0.2) is 0 Å². The molecule has 3 nitrogen and oxygen atoms in total. The van der Waals surface area contributed by atoms with Crippen molar-refractivity contribution in [3.05, 3.63) is 71.8 Å². The first-order chi connectivity index (χ1) is 9.18. The number of rotatable bonds is 5. The predicted octanol–water partition coefficient (Wildman–Crippen LogP) is 2.43. The monoisotopic (exact) mass is 309 g/mol. The maximum atomic E-state index is 12.4. The summed E-state index contributed by atoms with van der Waals surface area (Å²) in [6, 6.07) is 19.0. The van der Waals surface area contributed by atoms with Crippen molar-refractivity contribution in [1.29, 1.82) is 0 Å². The van der Waals surface area contributed by atoms with Gasteiger partial charge < -0.3 is 5.73 Å². The Bertz CT molecular complexity index is 535. The van der Waals surface area contributed by atoms with Gasteiger partial charge in [-0.3, -0.25) is 9.00 Å². The second kappa shape index (κ2) is 7.82. The molecule has 0 saturated heterocycles. The maximum Gasteiger partial charge on any atom is 0.230 e. The Morgan fingerprint density at radius 3 is 1.70 bits per heavy atom. The standard InChI is InChI=1S/C15H15NO2S.ClH/c16-14(17)11-19(18)15(12-7-3-1-4-8-12)13-9-5-2-6-10-13;/h1-10,15H,11H2,(H2,16,17);1H. The molecule has 0 aliphatic carbocycles. The van der Waals surface area contributed by atoms with Gasteiger partial charge in [0.1, 0.15) is 5.75 Å². The third-order valence-corrected chi connectivity index (χ3v) is 4.39. The Hall–Kier alpha value is -1.65. The highest BCUT2D eigenvalue weighted by molar-refractivity contribution is 7.86. The quantitative estimate of drug-likeness (QED) is 0.922. The van der Waals surface area contributed by atoms with E-state index in [9.17, 15) is 9.00 Å². The highest BCUT2D eigenvalue weighted by atomic mass is 35.5. The molecule has 0 bridgehead atoms. The van der Waals surface area contributed by atoms with E-state index in [1.807, 2.05) is 60.7 Å². The van der Waals surface area contributed by atoms with Crippen molar-refractivity contribution in [1.82, 2.24) is 0 Å². The van der Waals surface area contributed by atoms with Gasteiger partial charge >= 0.3 is 0 Å². The Balaban J connectivity index is 0.00000200. The number of amides is 1. The van der Waals surface area contributed by atoms with Gasteiger partial charge in [-0.15, -0.1) is 12.4 Å². The van der Waals surface area contributed by atoms with Crippen molar-refractivity contribution in [2.75, 3.05) is 5.75 Å². The average molecular weight is 310 g/mol. The van der Waals surface area contributed by atoms with Crippen LogP contribution in [0.3, 0.4) is 0 Å². The molecule has 1 unspecified atom stereocenters. The molecule has 1 amide bonds. The number of primary amides is 1. The van der Waals surface area contributed by atoms with E-state index in [0.717, 1.165) is 11.1 Å². The van der Waals surface area contributed by atoms with Crippen molar-refractivity contribution < 1.29 is 9.00 Å². The third-order valence-electron chi connectivity index (χ3n) is 2.75. The van der Waals surface area contributed by atoms with Crippen LogP contribution in [0.4, 0.5) is 0 Å². The van der Waals surface area contributed by atoms with Crippen LogP contribution in [-0.4, -0.2) is 15.9 Å². The fourth-order valence-corrected chi connectivity index (χ4v) is 3.34. The fraction of sp³-hybridized carbons (Fsp3) is 0.133. The van der Waals surface area contributed by atoms with Crippen molar-refractivity contribution in [2.24, 2.45) is 5.73 Å². The number of carbonyl (C=O) groups is 1. The number of carbonyl (C=O) groups excluding carboxylic acids is 1. The smallest absolute Gasteiger partial charge is 0.230 e. The molecule has 2 aromatic rings. The molecule has 0 aliphatic rings. The fourth-order valence-electron chi connectivity index (χ4n) is 1.98. The Morgan fingerprint density at radius 1 is 0.950 bits per heavy atom. The van der Waals surface area contributed by atoms with Gasteiger partial charge in [0.2, 0.25) is 5.91 Å². The summed E-state index contributed by atoms with van der Waals surface area (Å²) in [5.41, 5.74) is 7.00. The molecule has 2 aromatic carbocycles. The van der Waals surface area contributed by atoms with E-state index in [0.29, 0.717) is 0 Å². The number of hydrogen-bond donors (Lipinski definition) is 1. The van der Waals surface area contributed by atoms with Gasteiger partial charge in [-0.1, -0.05) is 60.7 Å². The van der Waals surface area contributed by atoms with Crippen molar-refractivity contribution >= 4 is 29.1 Å². The van der Waals surface area contributed by atoms with Crippen LogP contribution in [-0.2, 0) is 15.6 Å². The average Bonchev–Trinajstić information content (AvgIpc) is 2.40. The Kier molecular flexibility index (Phi) is 6.42. The lowest BCUT2D eigenvalue weighted by molar-refractivity contribution is -0.115. The molecular weight excluding hydrogens is 294 g/mol. The lowest BCUT2D eigenvalue weighted by Crippen LogP contribution is -2.23. The molecular formula is C15H16ClNO2S. The minimum Gasteiger partial charge on any atom is -0.369 e. The zero-order valence-corrected chi connectivity index (χ0v) is 12.4. The summed E-state index contributed by atoms with van der Waals surface area (Å²) < 4.78 is 12.4. The molecule has 0 heterocycles. The minimum absolute atomic E-state index is 0.